The molecule has 2 heterocycles. The van der Waals surface area contributed by atoms with E-state index in [1.807, 2.05) is 0 Å². The molecular formula is C23H20Cl2F3N3O5. The van der Waals surface area contributed by atoms with Crippen molar-refractivity contribution in [2.24, 2.45) is 5.16 Å². The molecule has 2 aromatic rings. The number of rotatable bonds is 6. The fourth-order valence-electron chi connectivity index (χ4n) is 4.02. The maximum atomic E-state index is 14.2. The standard InChI is InChI=1S/C23H20Cl2F3N3O5/c1-12-6-13(2-3-17(12)20(33)29-19-11-35-31(4-5-32)21(19)34)18-10-22(36-30-18,23(26,27)28)14-7-15(24)9-16(25)8-14/h2-3,6-9,19,32H,4-5,10-11H2,1H3,(H,29,33). The Hall–Kier alpha value is -2.86. The van der Waals surface area contributed by atoms with Crippen LogP contribution in [0.2, 0.25) is 10.0 Å². The molecule has 1 fully saturated rings. The van der Waals surface area contributed by atoms with Crippen LogP contribution >= 0.6 is 23.2 Å². The number of alkyl halides is 3. The third-order valence-corrected chi connectivity index (χ3v) is 6.30. The van der Waals surface area contributed by atoms with Crippen LogP contribution in [0.15, 0.2) is 41.6 Å². The first-order valence-corrected chi connectivity index (χ1v) is 11.5. The molecule has 0 radical (unpaired) electrons. The van der Waals surface area contributed by atoms with Crippen molar-refractivity contribution >= 4 is 40.7 Å². The first kappa shape index (κ1) is 26.2. The van der Waals surface area contributed by atoms with E-state index in [1.54, 1.807) is 6.92 Å². The molecule has 0 spiro atoms. The lowest BCUT2D eigenvalue weighted by atomic mass is 9.86. The number of hydrogen-bond donors (Lipinski definition) is 2. The predicted molar refractivity (Wildman–Crippen MR) is 124 cm³/mol. The van der Waals surface area contributed by atoms with Crippen LogP contribution in [0.3, 0.4) is 0 Å². The normalized spacial score (nSPS) is 22.0. The molecule has 13 heteroatoms. The molecule has 4 rings (SSSR count). The molecule has 2 amide bonds. The van der Waals surface area contributed by atoms with E-state index < -0.39 is 36.1 Å². The average molecular weight is 546 g/mol. The van der Waals surface area contributed by atoms with Gasteiger partial charge in [-0.2, -0.15) is 13.2 Å². The van der Waals surface area contributed by atoms with Crippen LogP contribution in [0, 0.1) is 6.92 Å². The van der Waals surface area contributed by atoms with E-state index in [0.29, 0.717) is 11.1 Å². The molecule has 2 aromatic carbocycles. The summed E-state index contributed by atoms with van der Waals surface area (Å²) in [6.45, 7) is 1.21. The van der Waals surface area contributed by atoms with Gasteiger partial charge in [0.25, 0.3) is 17.4 Å². The van der Waals surface area contributed by atoms with Crippen molar-refractivity contribution in [1.82, 2.24) is 10.4 Å². The summed E-state index contributed by atoms with van der Waals surface area (Å²) < 4.78 is 42.6. The summed E-state index contributed by atoms with van der Waals surface area (Å²) in [5.41, 5.74) is -2.03. The molecule has 1 saturated heterocycles. The number of nitrogens with zero attached hydrogens (tertiary/aromatic N) is 2. The zero-order valence-electron chi connectivity index (χ0n) is 18.7. The minimum atomic E-state index is -4.83. The van der Waals surface area contributed by atoms with Gasteiger partial charge in [-0.15, -0.1) is 0 Å². The van der Waals surface area contributed by atoms with Gasteiger partial charge in [0.1, 0.15) is 12.6 Å². The van der Waals surface area contributed by atoms with E-state index >= 15 is 0 Å². The largest absolute Gasteiger partial charge is 0.435 e. The number of hydrogen-bond acceptors (Lipinski definition) is 6. The number of β-amino-alcohol motifs (C(OH)–C–C–N with tert-alkyl or cyclic N) is 1. The highest BCUT2D eigenvalue weighted by atomic mass is 35.5. The molecule has 2 N–H and O–H groups in total. The summed E-state index contributed by atoms with van der Waals surface area (Å²) in [6, 6.07) is 7.05. The van der Waals surface area contributed by atoms with E-state index in [-0.39, 0.29) is 46.6 Å². The van der Waals surface area contributed by atoms with Crippen LogP contribution in [0.25, 0.3) is 0 Å². The lowest BCUT2D eigenvalue weighted by molar-refractivity contribution is -0.275. The van der Waals surface area contributed by atoms with E-state index in [1.165, 1.54) is 24.3 Å². The van der Waals surface area contributed by atoms with Gasteiger partial charge in [0.05, 0.1) is 18.9 Å². The van der Waals surface area contributed by atoms with Gasteiger partial charge in [0.2, 0.25) is 0 Å². The Kier molecular flexibility index (Phi) is 7.20. The number of halogens is 5. The first-order chi connectivity index (χ1) is 16.9. The third-order valence-electron chi connectivity index (χ3n) is 5.87. The summed E-state index contributed by atoms with van der Waals surface area (Å²) in [4.78, 5) is 35.1. The monoisotopic (exact) mass is 545 g/mol. The fraction of sp³-hybridized carbons (Fsp3) is 0.348. The van der Waals surface area contributed by atoms with Crippen LogP contribution in [0.4, 0.5) is 13.2 Å². The van der Waals surface area contributed by atoms with Crippen LogP contribution in [-0.4, -0.2) is 59.7 Å². The molecule has 2 aliphatic rings. The van der Waals surface area contributed by atoms with Crippen molar-refractivity contribution in [3.63, 3.8) is 0 Å². The summed E-state index contributed by atoms with van der Waals surface area (Å²) >= 11 is 11.9. The summed E-state index contributed by atoms with van der Waals surface area (Å²) in [6.07, 6.45) is -5.46. The van der Waals surface area contributed by atoms with Crippen molar-refractivity contribution in [3.05, 3.63) is 68.7 Å². The van der Waals surface area contributed by atoms with Gasteiger partial charge in [0.15, 0.2) is 0 Å². The van der Waals surface area contributed by atoms with Gasteiger partial charge in [-0.3, -0.25) is 14.4 Å². The Labute approximate surface area is 213 Å². The molecule has 2 unspecified atom stereocenters. The summed E-state index contributed by atoms with van der Waals surface area (Å²) in [5.74, 6) is -1.05. The van der Waals surface area contributed by atoms with Crippen LogP contribution in [0.5, 0.6) is 0 Å². The van der Waals surface area contributed by atoms with Gasteiger partial charge in [-0.05, 0) is 48.4 Å². The number of hydroxylamine groups is 2. The lowest BCUT2D eigenvalue weighted by Gasteiger charge is -2.29. The number of carbonyl (C=O) groups is 2. The molecule has 8 nitrogen and oxygen atoms in total. The van der Waals surface area contributed by atoms with Crippen LogP contribution in [0.1, 0.15) is 33.5 Å². The van der Waals surface area contributed by atoms with Gasteiger partial charge in [-0.25, -0.2) is 5.06 Å². The van der Waals surface area contributed by atoms with E-state index in [0.717, 1.165) is 17.2 Å². The van der Waals surface area contributed by atoms with Gasteiger partial charge in [0, 0.05) is 27.6 Å². The molecule has 2 atom stereocenters. The fourth-order valence-corrected chi connectivity index (χ4v) is 4.55. The molecule has 0 aliphatic carbocycles. The second-order valence-electron chi connectivity index (χ2n) is 8.30. The number of carbonyl (C=O) groups excluding carboxylic acids is 2. The topological polar surface area (TPSA) is 100 Å². The predicted octanol–water partition coefficient (Wildman–Crippen LogP) is 3.75. The second kappa shape index (κ2) is 9.89. The Morgan fingerprint density at radius 2 is 1.94 bits per heavy atom. The highest BCUT2D eigenvalue weighted by Crippen LogP contribution is 2.49. The summed E-state index contributed by atoms with van der Waals surface area (Å²) in [5, 5.41) is 16.3. The second-order valence-corrected chi connectivity index (χ2v) is 9.18. The Morgan fingerprint density at radius 3 is 2.56 bits per heavy atom. The minimum Gasteiger partial charge on any atom is -0.394 e. The van der Waals surface area contributed by atoms with Gasteiger partial charge < -0.3 is 15.3 Å². The molecule has 0 bridgehead atoms. The number of oxime groups is 1. The van der Waals surface area contributed by atoms with Crippen molar-refractivity contribution in [2.75, 3.05) is 19.8 Å². The minimum absolute atomic E-state index is 0.0232. The molecule has 192 valence electrons. The Balaban J connectivity index is 1.53. The van der Waals surface area contributed by atoms with E-state index in [4.69, 9.17) is 38.0 Å². The van der Waals surface area contributed by atoms with Gasteiger partial charge >= 0.3 is 6.18 Å². The number of aryl methyl sites for hydroxylation is 1. The maximum absolute atomic E-state index is 14.2. The zero-order valence-corrected chi connectivity index (χ0v) is 20.2. The van der Waals surface area contributed by atoms with E-state index in [9.17, 15) is 22.8 Å². The highest BCUT2D eigenvalue weighted by Gasteiger charge is 2.62. The van der Waals surface area contributed by atoms with Crippen molar-refractivity contribution in [3.8, 4) is 0 Å². The molecule has 2 aliphatic heterocycles. The van der Waals surface area contributed by atoms with Crippen molar-refractivity contribution < 1.29 is 37.5 Å². The number of aliphatic hydroxyl groups excluding tert-OH is 1. The lowest BCUT2D eigenvalue weighted by Crippen LogP contribution is -2.43. The van der Waals surface area contributed by atoms with Crippen molar-refractivity contribution in [1.29, 1.82) is 0 Å². The van der Waals surface area contributed by atoms with E-state index in [2.05, 4.69) is 10.5 Å². The maximum Gasteiger partial charge on any atom is 0.435 e. The Bertz CT molecular complexity index is 1220. The smallest absolute Gasteiger partial charge is 0.394 e. The third kappa shape index (κ3) is 4.88. The number of amides is 2. The highest BCUT2D eigenvalue weighted by molar-refractivity contribution is 6.34. The summed E-state index contributed by atoms with van der Waals surface area (Å²) in [7, 11) is 0. The number of aliphatic hydroxyl groups is 1. The van der Waals surface area contributed by atoms with Gasteiger partial charge in [-0.1, -0.05) is 34.4 Å². The van der Waals surface area contributed by atoms with Crippen LogP contribution in [-0.2, 0) is 20.1 Å². The van der Waals surface area contributed by atoms with Crippen LogP contribution < -0.4 is 5.32 Å². The number of nitrogens with one attached hydrogen (secondary N) is 1. The molecule has 36 heavy (non-hydrogen) atoms. The van der Waals surface area contributed by atoms with Crippen molar-refractivity contribution in [2.45, 2.75) is 31.2 Å². The quantitative estimate of drug-likeness (QED) is 0.575. The molecule has 0 saturated carbocycles. The first-order valence-electron chi connectivity index (χ1n) is 10.7. The molecular weight excluding hydrogens is 526 g/mol. The average Bonchev–Trinajstić information content (AvgIpc) is 3.39. The zero-order chi connectivity index (χ0) is 26.3. The molecule has 0 aromatic heterocycles. The SMILES string of the molecule is Cc1cc(C2=NOC(c3cc(Cl)cc(Cl)c3)(C(F)(F)F)C2)ccc1C(=O)NC1CON(CCO)C1=O. The number of benzene rings is 2. The Morgan fingerprint density at radius 1 is 1.25 bits per heavy atom.